The first kappa shape index (κ1) is 17.9. The van der Waals surface area contributed by atoms with Crippen LogP contribution in [-0.4, -0.2) is 18.4 Å². The summed E-state index contributed by atoms with van der Waals surface area (Å²) >= 11 is 0. The molecule has 2 amide bonds. The molecule has 2 aromatic carbocycles. The highest BCUT2D eigenvalue weighted by Gasteiger charge is 2.37. The third kappa shape index (κ3) is 3.91. The lowest BCUT2D eigenvalue weighted by Gasteiger charge is -2.17. The third-order valence-corrected chi connectivity index (χ3v) is 4.67. The van der Waals surface area contributed by atoms with E-state index in [4.69, 9.17) is 9.15 Å². The van der Waals surface area contributed by atoms with Gasteiger partial charge in [0.25, 0.3) is 0 Å². The molecule has 2 heterocycles. The Kier molecular flexibility index (Phi) is 5.10. The molecule has 0 unspecified atom stereocenters. The number of hydrogen-bond acceptors (Lipinski definition) is 4. The van der Waals surface area contributed by atoms with Gasteiger partial charge in [-0.05, 0) is 55.0 Å². The summed E-state index contributed by atoms with van der Waals surface area (Å²) in [4.78, 5) is 26.7. The summed E-state index contributed by atoms with van der Waals surface area (Å²) in [5.74, 6) is 0.969. The molecule has 3 aromatic rings. The number of benzene rings is 2. The van der Waals surface area contributed by atoms with Crippen LogP contribution < -0.4 is 15.0 Å². The number of carbonyl (C=O) groups excluding carboxylic acids is 2. The number of ether oxygens (including phenoxy) is 1. The van der Waals surface area contributed by atoms with Gasteiger partial charge in [-0.25, -0.2) is 0 Å². The van der Waals surface area contributed by atoms with E-state index in [1.54, 1.807) is 23.3 Å². The fraction of sp³-hybridized carbons (Fsp3) is 0.182. The minimum atomic E-state index is -0.671. The van der Waals surface area contributed by atoms with Crippen molar-refractivity contribution in [3.05, 3.63) is 78.8 Å². The van der Waals surface area contributed by atoms with Crippen molar-refractivity contribution in [2.75, 3.05) is 11.4 Å². The van der Waals surface area contributed by atoms with Gasteiger partial charge in [-0.2, -0.15) is 0 Å². The smallest absolute Gasteiger partial charge is 0.239 e. The molecular formula is C22H20N2O4. The second-order valence-electron chi connectivity index (χ2n) is 6.54. The second kappa shape index (κ2) is 8.00. The Labute approximate surface area is 162 Å². The van der Waals surface area contributed by atoms with E-state index in [-0.39, 0.29) is 18.4 Å². The highest BCUT2D eigenvalue weighted by Crippen LogP contribution is 2.28. The van der Waals surface area contributed by atoms with Crippen molar-refractivity contribution in [2.24, 2.45) is 5.92 Å². The molecule has 1 atom stereocenters. The van der Waals surface area contributed by atoms with E-state index in [1.807, 2.05) is 54.6 Å². The molecule has 0 saturated carbocycles. The van der Waals surface area contributed by atoms with Gasteiger partial charge in [0.05, 0.1) is 12.8 Å². The van der Waals surface area contributed by atoms with Crippen LogP contribution >= 0.6 is 0 Å². The highest BCUT2D eigenvalue weighted by atomic mass is 16.5. The van der Waals surface area contributed by atoms with Gasteiger partial charge in [0.15, 0.2) is 0 Å². The van der Waals surface area contributed by atoms with Crippen molar-refractivity contribution >= 4 is 17.5 Å². The van der Waals surface area contributed by atoms with Crippen LogP contribution in [0.25, 0.3) is 0 Å². The summed E-state index contributed by atoms with van der Waals surface area (Å²) in [6.45, 7) is 0.789. The fourth-order valence-corrected chi connectivity index (χ4v) is 3.21. The van der Waals surface area contributed by atoms with Gasteiger partial charge >= 0.3 is 0 Å². The molecule has 4 rings (SSSR count). The van der Waals surface area contributed by atoms with E-state index in [1.165, 1.54) is 0 Å². The summed E-state index contributed by atoms with van der Waals surface area (Å²) < 4.78 is 11.0. The van der Waals surface area contributed by atoms with Gasteiger partial charge in [0.2, 0.25) is 11.8 Å². The summed E-state index contributed by atoms with van der Waals surface area (Å²) in [7, 11) is 0. The van der Waals surface area contributed by atoms with E-state index < -0.39 is 5.92 Å². The summed E-state index contributed by atoms with van der Waals surface area (Å²) in [6.07, 6.45) is 2.04. The Balaban J connectivity index is 1.37. The van der Waals surface area contributed by atoms with E-state index in [0.717, 1.165) is 11.4 Å². The zero-order chi connectivity index (χ0) is 19.3. The van der Waals surface area contributed by atoms with E-state index >= 15 is 0 Å². The molecule has 1 N–H and O–H groups in total. The molecule has 142 valence electrons. The third-order valence-electron chi connectivity index (χ3n) is 4.67. The fourth-order valence-electron chi connectivity index (χ4n) is 3.21. The molecule has 1 aliphatic heterocycles. The number of hydrogen-bond donors (Lipinski definition) is 1. The Bertz CT molecular complexity index is 936. The van der Waals surface area contributed by atoms with Gasteiger partial charge in [-0.3, -0.25) is 9.59 Å². The van der Waals surface area contributed by atoms with Gasteiger partial charge in [0, 0.05) is 12.2 Å². The van der Waals surface area contributed by atoms with Gasteiger partial charge in [0.1, 0.15) is 23.2 Å². The molecule has 0 radical (unpaired) electrons. The Morgan fingerprint density at radius 3 is 2.50 bits per heavy atom. The van der Waals surface area contributed by atoms with Crippen LogP contribution in [0.2, 0.25) is 0 Å². The quantitative estimate of drug-likeness (QED) is 0.665. The van der Waals surface area contributed by atoms with Crippen LogP contribution in [0.4, 0.5) is 5.69 Å². The molecule has 1 saturated heterocycles. The Morgan fingerprint density at radius 2 is 1.79 bits per heavy atom. The first-order valence-corrected chi connectivity index (χ1v) is 9.15. The maximum atomic E-state index is 12.7. The van der Waals surface area contributed by atoms with Gasteiger partial charge in [-0.1, -0.05) is 18.2 Å². The molecular weight excluding hydrogens is 356 g/mol. The molecule has 6 heteroatoms. The SMILES string of the molecule is O=C(NCc1ccco1)[C@@H]1CCN(c2ccc(Oc3ccccc3)cc2)C1=O. The highest BCUT2D eigenvalue weighted by molar-refractivity contribution is 6.09. The van der Waals surface area contributed by atoms with Crippen LogP contribution in [0.5, 0.6) is 11.5 Å². The topological polar surface area (TPSA) is 71.8 Å². The Hall–Kier alpha value is -3.54. The molecule has 6 nitrogen and oxygen atoms in total. The van der Waals surface area contributed by atoms with Crippen molar-refractivity contribution < 1.29 is 18.7 Å². The lowest BCUT2D eigenvalue weighted by molar-refractivity contribution is -0.132. The number of rotatable bonds is 6. The minimum absolute atomic E-state index is 0.186. The van der Waals surface area contributed by atoms with E-state index in [0.29, 0.717) is 24.5 Å². The zero-order valence-corrected chi connectivity index (χ0v) is 15.2. The maximum absolute atomic E-state index is 12.7. The molecule has 0 aliphatic carbocycles. The molecule has 28 heavy (non-hydrogen) atoms. The number of amides is 2. The molecule has 1 aromatic heterocycles. The molecule has 0 spiro atoms. The van der Waals surface area contributed by atoms with Crippen molar-refractivity contribution in [3.63, 3.8) is 0 Å². The van der Waals surface area contributed by atoms with Crippen molar-refractivity contribution in [2.45, 2.75) is 13.0 Å². The zero-order valence-electron chi connectivity index (χ0n) is 15.2. The number of para-hydroxylation sites is 1. The molecule has 0 bridgehead atoms. The van der Waals surface area contributed by atoms with Crippen LogP contribution in [0.3, 0.4) is 0 Å². The summed E-state index contributed by atoms with van der Waals surface area (Å²) in [5.41, 5.74) is 0.756. The number of carbonyl (C=O) groups is 2. The van der Waals surface area contributed by atoms with Crippen LogP contribution in [0.15, 0.2) is 77.4 Å². The molecule has 1 fully saturated rings. The van der Waals surface area contributed by atoms with Crippen molar-refractivity contribution in [3.8, 4) is 11.5 Å². The van der Waals surface area contributed by atoms with Gasteiger partial charge < -0.3 is 19.4 Å². The van der Waals surface area contributed by atoms with Crippen LogP contribution in [0.1, 0.15) is 12.2 Å². The summed E-state index contributed by atoms with van der Waals surface area (Å²) in [6, 6.07) is 20.3. The monoisotopic (exact) mass is 376 g/mol. The lowest BCUT2D eigenvalue weighted by Crippen LogP contribution is -2.36. The van der Waals surface area contributed by atoms with E-state index in [9.17, 15) is 9.59 Å². The average Bonchev–Trinajstić information content (AvgIpc) is 3.37. The van der Waals surface area contributed by atoms with Gasteiger partial charge in [-0.15, -0.1) is 0 Å². The minimum Gasteiger partial charge on any atom is -0.467 e. The molecule has 1 aliphatic rings. The second-order valence-corrected chi connectivity index (χ2v) is 6.54. The predicted octanol–water partition coefficient (Wildman–Crippen LogP) is 3.74. The summed E-state index contributed by atoms with van der Waals surface area (Å²) in [5, 5.41) is 2.77. The average molecular weight is 376 g/mol. The standard InChI is InChI=1S/C22H20N2O4/c25-21(23-15-19-7-4-14-27-19)20-12-13-24(22(20)26)16-8-10-18(11-9-16)28-17-5-2-1-3-6-17/h1-11,14,20H,12-13,15H2,(H,23,25)/t20-/m0/s1. The van der Waals surface area contributed by atoms with Crippen molar-refractivity contribution in [1.29, 1.82) is 0 Å². The maximum Gasteiger partial charge on any atom is 0.239 e. The number of nitrogens with one attached hydrogen (secondary N) is 1. The number of nitrogens with zero attached hydrogens (tertiary/aromatic N) is 1. The first-order chi connectivity index (χ1) is 13.7. The van der Waals surface area contributed by atoms with Crippen LogP contribution in [-0.2, 0) is 16.1 Å². The normalized spacial score (nSPS) is 16.2. The van der Waals surface area contributed by atoms with Crippen molar-refractivity contribution in [1.82, 2.24) is 5.32 Å². The number of anilines is 1. The number of furan rings is 1. The van der Waals surface area contributed by atoms with E-state index in [2.05, 4.69) is 5.32 Å². The largest absolute Gasteiger partial charge is 0.467 e. The predicted molar refractivity (Wildman–Crippen MR) is 104 cm³/mol. The first-order valence-electron chi connectivity index (χ1n) is 9.15. The lowest BCUT2D eigenvalue weighted by atomic mass is 10.1. The Morgan fingerprint density at radius 1 is 1.04 bits per heavy atom. The van der Waals surface area contributed by atoms with Crippen LogP contribution in [0, 0.1) is 5.92 Å².